The summed E-state index contributed by atoms with van der Waals surface area (Å²) in [5.74, 6) is 0.703. The van der Waals surface area contributed by atoms with Crippen molar-refractivity contribution >= 4 is 17.8 Å². The molecule has 0 saturated heterocycles. The molecule has 3 aromatic carbocycles. The average Bonchev–Trinajstić information content (AvgIpc) is 2.77. The molecule has 0 amide bonds. The van der Waals surface area contributed by atoms with Crippen molar-refractivity contribution in [3.8, 4) is 5.75 Å². The lowest BCUT2D eigenvalue weighted by atomic mass is 10.2. The Morgan fingerprint density at radius 2 is 1.50 bits per heavy atom. The van der Waals surface area contributed by atoms with Crippen LogP contribution < -0.4 is 20.7 Å². The van der Waals surface area contributed by atoms with Gasteiger partial charge in [0.25, 0.3) is 0 Å². The zero-order valence-electron chi connectivity index (χ0n) is 16.5. The zero-order chi connectivity index (χ0) is 19.8. The first-order chi connectivity index (χ1) is 13.7. The number of benzene rings is 3. The maximum Gasteiger partial charge on any atom is 0.159 e. The van der Waals surface area contributed by atoms with E-state index in [1.807, 2.05) is 78.9 Å². The largest absolute Gasteiger partial charge is 0.497 e. The first kappa shape index (κ1) is 20.4. The summed E-state index contributed by atoms with van der Waals surface area (Å²) in [7, 11) is -1.18. The van der Waals surface area contributed by atoms with E-state index in [1.165, 1.54) is 0 Å². The Hall–Kier alpha value is -2.35. The average molecular weight is 393 g/mol. The summed E-state index contributed by atoms with van der Waals surface area (Å²) < 4.78 is 19.9. The highest BCUT2D eigenvalue weighted by molar-refractivity contribution is 7.79. The Balaban J connectivity index is 1.96. The third-order valence-electron chi connectivity index (χ3n) is 4.96. The van der Waals surface area contributed by atoms with Gasteiger partial charge in [-0.15, -0.1) is 0 Å². The molecule has 0 aliphatic rings. The fourth-order valence-corrected chi connectivity index (χ4v) is 6.73. The van der Waals surface area contributed by atoms with Crippen molar-refractivity contribution in [2.24, 2.45) is 0 Å². The van der Waals surface area contributed by atoms with Crippen LogP contribution in [0.15, 0.2) is 84.9 Å². The summed E-state index contributed by atoms with van der Waals surface area (Å²) in [6.07, 6.45) is 1.80. The molecule has 0 fully saturated rings. The number of nitrogens with one attached hydrogen (secondary N) is 1. The number of methoxy groups -OCH3 is 1. The first-order valence-electron chi connectivity index (χ1n) is 9.75. The molecule has 0 bridgehead atoms. The Bertz CT molecular complexity index is 869. The summed E-state index contributed by atoms with van der Waals surface area (Å²) in [6.45, 7) is 2.78. The number of hydrogen-bond acceptors (Lipinski definition) is 3. The molecule has 28 heavy (non-hydrogen) atoms. The van der Waals surface area contributed by atoms with E-state index in [4.69, 9.17) is 4.74 Å². The second-order valence-electron chi connectivity index (χ2n) is 6.87. The molecule has 0 saturated carbocycles. The van der Waals surface area contributed by atoms with Gasteiger partial charge >= 0.3 is 0 Å². The third-order valence-corrected chi connectivity index (χ3v) is 8.41. The highest BCUT2D eigenvalue weighted by atomic mass is 31.2. The van der Waals surface area contributed by atoms with Gasteiger partial charge in [-0.1, -0.05) is 86.1 Å². The van der Waals surface area contributed by atoms with E-state index in [-0.39, 0.29) is 5.78 Å². The molecule has 1 unspecified atom stereocenters. The summed E-state index contributed by atoms with van der Waals surface area (Å²) >= 11 is 0. The van der Waals surface area contributed by atoms with E-state index in [0.717, 1.165) is 34.8 Å². The number of hydrogen-bond donors (Lipinski definition) is 1. The van der Waals surface area contributed by atoms with E-state index >= 15 is 0 Å². The topological polar surface area (TPSA) is 38.3 Å². The summed E-state index contributed by atoms with van der Waals surface area (Å²) in [6, 6.07) is 27.8. The third kappa shape index (κ3) is 4.55. The molecule has 3 aromatic rings. The Kier molecular flexibility index (Phi) is 7.08. The first-order valence-corrected chi connectivity index (χ1v) is 11.5. The number of ether oxygens (including phenoxy) is 1. The monoisotopic (exact) mass is 393 g/mol. The molecule has 0 aliphatic heterocycles. The van der Waals surface area contributed by atoms with E-state index in [9.17, 15) is 4.57 Å². The SMILES string of the molecule is CCCC(NCc1cccc(OC)c1)P(=O)(c1ccccc1)c1ccccc1. The minimum absolute atomic E-state index is 0.131. The van der Waals surface area contributed by atoms with Gasteiger partial charge in [0, 0.05) is 17.2 Å². The molecule has 3 rings (SSSR count). The molecule has 0 spiro atoms. The predicted octanol–water partition coefficient (Wildman–Crippen LogP) is 4.93. The minimum Gasteiger partial charge on any atom is -0.497 e. The lowest BCUT2D eigenvalue weighted by molar-refractivity contribution is 0.414. The molecular weight excluding hydrogens is 365 g/mol. The van der Waals surface area contributed by atoms with Crippen molar-refractivity contribution in [1.82, 2.24) is 5.32 Å². The minimum atomic E-state index is -2.85. The molecule has 0 radical (unpaired) electrons. The molecule has 0 heterocycles. The van der Waals surface area contributed by atoms with Gasteiger partial charge in [0.05, 0.1) is 12.9 Å². The molecule has 3 nitrogen and oxygen atoms in total. The molecule has 1 atom stereocenters. The van der Waals surface area contributed by atoms with Crippen LogP contribution in [0.3, 0.4) is 0 Å². The van der Waals surface area contributed by atoms with Crippen molar-refractivity contribution in [1.29, 1.82) is 0 Å². The van der Waals surface area contributed by atoms with Crippen molar-refractivity contribution < 1.29 is 9.30 Å². The van der Waals surface area contributed by atoms with Crippen molar-refractivity contribution in [3.63, 3.8) is 0 Å². The summed E-state index contributed by atoms with van der Waals surface area (Å²) in [5.41, 5.74) is 1.12. The Labute approximate surface area is 168 Å². The maximum atomic E-state index is 14.6. The smallest absolute Gasteiger partial charge is 0.159 e. The summed E-state index contributed by atoms with van der Waals surface area (Å²) in [4.78, 5) is 0. The van der Waals surface area contributed by atoms with Crippen LogP contribution >= 0.6 is 7.14 Å². The van der Waals surface area contributed by atoms with E-state index in [2.05, 4.69) is 18.3 Å². The van der Waals surface area contributed by atoms with Gasteiger partial charge in [-0.25, -0.2) is 0 Å². The van der Waals surface area contributed by atoms with Crippen LogP contribution in [0.25, 0.3) is 0 Å². The normalized spacial score (nSPS) is 12.5. The standard InChI is InChI=1S/C24H28NO2P/c1-3-11-24(25-19-20-12-10-13-21(18-20)27-2)28(26,22-14-6-4-7-15-22)23-16-8-5-9-17-23/h4-10,12-18,24-25H,3,11,19H2,1-2H3. The second kappa shape index (κ2) is 9.73. The zero-order valence-corrected chi connectivity index (χ0v) is 17.4. The Morgan fingerprint density at radius 1 is 0.893 bits per heavy atom. The van der Waals surface area contributed by atoms with Gasteiger partial charge in [-0.3, -0.25) is 0 Å². The molecule has 0 aliphatic carbocycles. The quantitative estimate of drug-likeness (QED) is 0.524. The van der Waals surface area contributed by atoms with E-state index < -0.39 is 7.14 Å². The summed E-state index contributed by atoms with van der Waals surface area (Å²) in [5, 5.41) is 5.41. The van der Waals surface area contributed by atoms with Crippen LogP contribution in [0.1, 0.15) is 25.3 Å². The van der Waals surface area contributed by atoms with Crippen LogP contribution in [0.5, 0.6) is 5.75 Å². The van der Waals surface area contributed by atoms with E-state index in [1.54, 1.807) is 7.11 Å². The fraction of sp³-hybridized carbons (Fsp3) is 0.250. The van der Waals surface area contributed by atoms with Gasteiger partial charge in [0.15, 0.2) is 7.14 Å². The van der Waals surface area contributed by atoms with Crippen LogP contribution in [0.4, 0.5) is 0 Å². The predicted molar refractivity (Wildman–Crippen MR) is 118 cm³/mol. The van der Waals surface area contributed by atoms with E-state index in [0.29, 0.717) is 6.54 Å². The van der Waals surface area contributed by atoms with Gasteiger partial charge in [-0.05, 0) is 24.1 Å². The molecule has 1 N–H and O–H groups in total. The maximum absolute atomic E-state index is 14.6. The van der Waals surface area contributed by atoms with Crippen LogP contribution in [0, 0.1) is 0 Å². The Morgan fingerprint density at radius 3 is 2.04 bits per heavy atom. The van der Waals surface area contributed by atoms with Gasteiger partial charge in [0.1, 0.15) is 5.75 Å². The molecular formula is C24H28NO2P. The lowest BCUT2D eigenvalue weighted by Gasteiger charge is -2.29. The lowest BCUT2D eigenvalue weighted by Crippen LogP contribution is -2.36. The molecule has 4 heteroatoms. The molecule has 0 aromatic heterocycles. The van der Waals surface area contributed by atoms with Crippen LogP contribution in [-0.2, 0) is 11.1 Å². The highest BCUT2D eigenvalue weighted by Gasteiger charge is 2.35. The van der Waals surface area contributed by atoms with Gasteiger partial charge in [0.2, 0.25) is 0 Å². The van der Waals surface area contributed by atoms with Crippen molar-refractivity contribution in [2.45, 2.75) is 32.1 Å². The van der Waals surface area contributed by atoms with Gasteiger partial charge in [-0.2, -0.15) is 0 Å². The van der Waals surface area contributed by atoms with Crippen molar-refractivity contribution in [2.75, 3.05) is 7.11 Å². The highest BCUT2D eigenvalue weighted by Crippen LogP contribution is 2.49. The number of rotatable bonds is 9. The van der Waals surface area contributed by atoms with Crippen LogP contribution in [-0.4, -0.2) is 12.9 Å². The second-order valence-corrected chi connectivity index (χ2v) is 9.84. The van der Waals surface area contributed by atoms with Gasteiger partial charge < -0.3 is 14.6 Å². The fourth-order valence-electron chi connectivity index (χ4n) is 3.51. The van der Waals surface area contributed by atoms with Crippen LogP contribution in [0.2, 0.25) is 0 Å². The van der Waals surface area contributed by atoms with Crippen molar-refractivity contribution in [3.05, 3.63) is 90.5 Å². The molecule has 146 valence electrons.